The highest BCUT2D eigenvalue weighted by Gasteiger charge is 2.20. The summed E-state index contributed by atoms with van der Waals surface area (Å²) in [6.07, 6.45) is 2.70. The molecule has 2 N–H and O–H groups in total. The summed E-state index contributed by atoms with van der Waals surface area (Å²) < 4.78 is 5.29. The molecule has 1 fully saturated rings. The summed E-state index contributed by atoms with van der Waals surface area (Å²) in [5.74, 6) is 1.29. The molecule has 0 aromatic carbocycles. The molecule has 1 aliphatic heterocycles. The van der Waals surface area contributed by atoms with Crippen LogP contribution in [0.25, 0.3) is 0 Å². The van der Waals surface area contributed by atoms with Gasteiger partial charge in [-0.1, -0.05) is 0 Å². The molecule has 5 heteroatoms. The highest BCUT2D eigenvalue weighted by Crippen LogP contribution is 2.30. The third-order valence-electron chi connectivity index (χ3n) is 2.26. The van der Waals surface area contributed by atoms with Gasteiger partial charge in [0.25, 0.3) is 0 Å². The van der Waals surface area contributed by atoms with Crippen molar-refractivity contribution in [3.05, 3.63) is 6.33 Å². The first kappa shape index (κ1) is 9.05. The summed E-state index contributed by atoms with van der Waals surface area (Å²) in [5.41, 5.74) is 6.44. The van der Waals surface area contributed by atoms with Gasteiger partial charge in [0.1, 0.15) is 12.0 Å². The van der Waals surface area contributed by atoms with Gasteiger partial charge >= 0.3 is 0 Å². The van der Waals surface area contributed by atoms with Crippen LogP contribution in [-0.2, 0) is 0 Å². The second-order valence-corrected chi connectivity index (χ2v) is 3.19. The van der Waals surface area contributed by atoms with Gasteiger partial charge in [-0.25, -0.2) is 4.98 Å². The second kappa shape index (κ2) is 3.69. The van der Waals surface area contributed by atoms with Crippen LogP contribution in [0.3, 0.4) is 0 Å². The Morgan fingerprint density at radius 3 is 2.86 bits per heavy atom. The summed E-state index contributed by atoms with van der Waals surface area (Å²) >= 11 is 0. The number of rotatable bonds is 3. The van der Waals surface area contributed by atoms with Gasteiger partial charge in [0.05, 0.1) is 6.61 Å². The number of nitrogens with two attached hydrogens (primary N) is 1. The predicted octanol–water partition coefficient (Wildman–Crippen LogP) is 0.668. The number of anilines is 2. The lowest BCUT2D eigenvalue weighted by Gasteiger charge is -2.32. The lowest BCUT2D eigenvalue weighted by atomic mass is 10.2. The van der Waals surface area contributed by atoms with Crippen molar-refractivity contribution in [3.8, 4) is 5.88 Å². The Morgan fingerprint density at radius 1 is 1.50 bits per heavy atom. The third-order valence-corrected chi connectivity index (χ3v) is 2.26. The van der Waals surface area contributed by atoms with Crippen molar-refractivity contribution in [1.82, 2.24) is 9.97 Å². The van der Waals surface area contributed by atoms with Gasteiger partial charge < -0.3 is 15.4 Å². The molecule has 0 bridgehead atoms. The quantitative estimate of drug-likeness (QED) is 0.766. The monoisotopic (exact) mass is 194 g/mol. The lowest BCUT2D eigenvalue weighted by Crippen LogP contribution is -2.38. The first-order valence-corrected chi connectivity index (χ1v) is 4.81. The van der Waals surface area contributed by atoms with Crippen LogP contribution >= 0.6 is 0 Å². The van der Waals surface area contributed by atoms with Crippen LogP contribution in [-0.4, -0.2) is 29.7 Å². The minimum absolute atomic E-state index is 0.490. The fraction of sp³-hybridized carbons (Fsp3) is 0.556. The summed E-state index contributed by atoms with van der Waals surface area (Å²) in [7, 11) is 0. The molecule has 2 rings (SSSR count). The van der Waals surface area contributed by atoms with Crippen LogP contribution in [0.15, 0.2) is 6.33 Å². The van der Waals surface area contributed by atoms with E-state index in [1.807, 2.05) is 6.92 Å². The predicted molar refractivity (Wildman–Crippen MR) is 54.4 cm³/mol. The van der Waals surface area contributed by atoms with Crippen molar-refractivity contribution < 1.29 is 4.74 Å². The SMILES string of the molecule is CCOc1ncnc(N2CCC2)c1N. The smallest absolute Gasteiger partial charge is 0.242 e. The van der Waals surface area contributed by atoms with E-state index in [9.17, 15) is 0 Å². The highest BCUT2D eigenvalue weighted by molar-refractivity contribution is 5.68. The normalized spacial score (nSPS) is 15.1. The molecule has 0 amide bonds. The van der Waals surface area contributed by atoms with E-state index in [1.165, 1.54) is 12.7 Å². The van der Waals surface area contributed by atoms with Gasteiger partial charge in [0.2, 0.25) is 5.88 Å². The molecule has 0 aliphatic carbocycles. The van der Waals surface area contributed by atoms with Crippen molar-refractivity contribution in [3.63, 3.8) is 0 Å². The van der Waals surface area contributed by atoms with Crippen LogP contribution in [0.2, 0.25) is 0 Å². The number of ether oxygens (including phenoxy) is 1. The molecule has 1 aromatic heterocycles. The first-order chi connectivity index (χ1) is 6.83. The second-order valence-electron chi connectivity index (χ2n) is 3.19. The Balaban J connectivity index is 2.26. The highest BCUT2D eigenvalue weighted by atomic mass is 16.5. The number of nitrogens with zero attached hydrogens (tertiary/aromatic N) is 3. The molecule has 5 nitrogen and oxygen atoms in total. The maximum absolute atomic E-state index is 5.89. The third kappa shape index (κ3) is 1.45. The molecule has 1 saturated heterocycles. The molecule has 0 unspecified atom stereocenters. The van der Waals surface area contributed by atoms with Crippen molar-refractivity contribution in [1.29, 1.82) is 0 Å². The maximum Gasteiger partial charge on any atom is 0.242 e. The summed E-state index contributed by atoms with van der Waals surface area (Å²) in [5, 5.41) is 0. The fourth-order valence-electron chi connectivity index (χ4n) is 1.40. The van der Waals surface area contributed by atoms with Crippen molar-refractivity contribution in [2.24, 2.45) is 0 Å². The van der Waals surface area contributed by atoms with E-state index in [0.717, 1.165) is 18.9 Å². The molecule has 0 radical (unpaired) electrons. The molecule has 0 saturated carbocycles. The van der Waals surface area contributed by atoms with Gasteiger partial charge in [-0.3, -0.25) is 0 Å². The van der Waals surface area contributed by atoms with E-state index in [0.29, 0.717) is 18.2 Å². The number of hydrogen-bond donors (Lipinski definition) is 1. The summed E-state index contributed by atoms with van der Waals surface area (Å²) in [4.78, 5) is 10.3. The van der Waals surface area contributed by atoms with Crippen molar-refractivity contribution in [2.45, 2.75) is 13.3 Å². The average Bonchev–Trinajstić information content (AvgIpc) is 2.09. The Morgan fingerprint density at radius 2 is 2.29 bits per heavy atom. The van der Waals surface area contributed by atoms with Crippen LogP contribution in [0.5, 0.6) is 5.88 Å². The standard InChI is InChI=1S/C9H14N4O/c1-2-14-9-7(10)8(11-6-12-9)13-4-3-5-13/h6H,2-5,10H2,1H3. The Kier molecular flexibility index (Phi) is 2.39. The molecule has 0 spiro atoms. The Hall–Kier alpha value is -1.52. The van der Waals surface area contributed by atoms with E-state index in [4.69, 9.17) is 10.5 Å². The van der Waals surface area contributed by atoms with E-state index < -0.39 is 0 Å². The molecule has 2 heterocycles. The molecule has 1 aliphatic rings. The van der Waals surface area contributed by atoms with Crippen LogP contribution in [0.1, 0.15) is 13.3 Å². The zero-order chi connectivity index (χ0) is 9.97. The van der Waals surface area contributed by atoms with Crippen molar-refractivity contribution >= 4 is 11.5 Å². The number of hydrogen-bond acceptors (Lipinski definition) is 5. The first-order valence-electron chi connectivity index (χ1n) is 4.81. The number of nitrogen functional groups attached to an aromatic ring is 1. The van der Waals surface area contributed by atoms with Gasteiger partial charge in [-0.05, 0) is 13.3 Å². The molecule has 14 heavy (non-hydrogen) atoms. The van der Waals surface area contributed by atoms with Gasteiger partial charge in [0, 0.05) is 13.1 Å². The van der Waals surface area contributed by atoms with Crippen molar-refractivity contribution in [2.75, 3.05) is 30.3 Å². The van der Waals surface area contributed by atoms with E-state index in [2.05, 4.69) is 14.9 Å². The zero-order valence-corrected chi connectivity index (χ0v) is 8.23. The van der Waals surface area contributed by atoms with Crippen LogP contribution < -0.4 is 15.4 Å². The fourth-order valence-corrected chi connectivity index (χ4v) is 1.40. The van der Waals surface area contributed by atoms with Crippen LogP contribution in [0.4, 0.5) is 11.5 Å². The van der Waals surface area contributed by atoms with Gasteiger partial charge in [-0.2, -0.15) is 4.98 Å². The average molecular weight is 194 g/mol. The Labute approximate surface area is 82.9 Å². The van der Waals surface area contributed by atoms with E-state index in [1.54, 1.807) is 0 Å². The van der Waals surface area contributed by atoms with E-state index >= 15 is 0 Å². The molecule has 1 aromatic rings. The van der Waals surface area contributed by atoms with Gasteiger partial charge in [-0.15, -0.1) is 0 Å². The molecular weight excluding hydrogens is 180 g/mol. The topological polar surface area (TPSA) is 64.3 Å². The lowest BCUT2D eigenvalue weighted by molar-refractivity contribution is 0.328. The minimum Gasteiger partial charge on any atom is -0.476 e. The molecule has 0 atom stereocenters. The summed E-state index contributed by atoms with van der Waals surface area (Å²) in [6, 6.07) is 0. The minimum atomic E-state index is 0.490. The molecular formula is C9H14N4O. The van der Waals surface area contributed by atoms with E-state index in [-0.39, 0.29) is 0 Å². The summed E-state index contributed by atoms with van der Waals surface area (Å²) in [6.45, 7) is 4.52. The largest absolute Gasteiger partial charge is 0.476 e. The Bertz CT molecular complexity index is 325. The molecule has 76 valence electrons. The zero-order valence-electron chi connectivity index (χ0n) is 8.23. The van der Waals surface area contributed by atoms with Crippen LogP contribution in [0, 0.1) is 0 Å². The maximum atomic E-state index is 5.89. The van der Waals surface area contributed by atoms with Gasteiger partial charge in [0.15, 0.2) is 5.82 Å². The number of aromatic nitrogens is 2.